The molecule has 0 saturated heterocycles. The van der Waals surface area contributed by atoms with E-state index in [-0.39, 0.29) is 12.0 Å². The number of carbonyl (C=O) groups excluding carboxylic acids is 2. The largest absolute Gasteiger partial charge is 0.456 e. The summed E-state index contributed by atoms with van der Waals surface area (Å²) in [6, 6.07) is -0.370. The fourth-order valence-corrected chi connectivity index (χ4v) is 1.52. The van der Waals surface area contributed by atoms with Gasteiger partial charge in [0, 0.05) is 13.0 Å². The van der Waals surface area contributed by atoms with Gasteiger partial charge >= 0.3 is 12.1 Å². The van der Waals surface area contributed by atoms with E-state index in [0.29, 0.717) is 13.0 Å². The van der Waals surface area contributed by atoms with Crippen molar-refractivity contribution in [2.75, 3.05) is 6.54 Å². The van der Waals surface area contributed by atoms with Gasteiger partial charge in [-0.15, -0.1) is 0 Å². The molecule has 0 spiro atoms. The zero-order valence-electron chi connectivity index (χ0n) is 14.2. The van der Waals surface area contributed by atoms with Gasteiger partial charge in [0.15, 0.2) is 6.04 Å². The van der Waals surface area contributed by atoms with Gasteiger partial charge in [0.1, 0.15) is 11.2 Å². The average Bonchev–Trinajstić information content (AvgIpc) is 2.23. The Balaban J connectivity index is 3.76. The predicted octanol–water partition coefficient (Wildman–Crippen LogP) is 1.63. The minimum atomic E-state index is -0.487. The topological polar surface area (TPSA) is 92.3 Å². The Morgan fingerprint density at radius 2 is 1.52 bits per heavy atom. The highest BCUT2D eigenvalue weighted by Gasteiger charge is 2.24. The summed E-state index contributed by atoms with van der Waals surface area (Å²) in [5.41, 5.74) is 2.85. The third-order valence-electron chi connectivity index (χ3n) is 2.39. The molecule has 1 atom stereocenters. The van der Waals surface area contributed by atoms with Crippen molar-refractivity contribution in [3.05, 3.63) is 0 Å². The second kappa shape index (κ2) is 8.22. The molecule has 0 heterocycles. The Labute approximate surface area is 127 Å². The van der Waals surface area contributed by atoms with E-state index in [2.05, 4.69) is 11.1 Å². The zero-order chi connectivity index (χ0) is 16.7. The number of rotatable bonds is 6. The first kappa shape index (κ1) is 19.7. The number of nitrogens with one attached hydrogen (secondary N) is 1. The van der Waals surface area contributed by atoms with Gasteiger partial charge in [-0.05, 0) is 54.4 Å². The van der Waals surface area contributed by atoms with Crippen molar-refractivity contribution in [1.82, 2.24) is 5.32 Å². The molecule has 0 radical (unpaired) electrons. The number of quaternary nitrogens is 1. The maximum absolute atomic E-state index is 11.7. The summed E-state index contributed by atoms with van der Waals surface area (Å²) in [4.78, 5) is 23.1. The summed E-state index contributed by atoms with van der Waals surface area (Å²) in [6.45, 7) is 11.5. The Morgan fingerprint density at radius 3 is 2.00 bits per heavy atom. The van der Waals surface area contributed by atoms with Crippen LogP contribution in [-0.2, 0) is 14.3 Å². The molecule has 0 bridgehead atoms. The first-order valence-electron chi connectivity index (χ1n) is 7.43. The highest BCUT2D eigenvalue weighted by Crippen LogP contribution is 2.09. The number of hydrogen-bond acceptors (Lipinski definition) is 4. The van der Waals surface area contributed by atoms with E-state index in [1.54, 1.807) is 0 Å². The van der Waals surface area contributed by atoms with E-state index < -0.39 is 17.3 Å². The Kier molecular flexibility index (Phi) is 7.71. The Morgan fingerprint density at radius 1 is 1.00 bits per heavy atom. The van der Waals surface area contributed by atoms with Crippen molar-refractivity contribution in [3.8, 4) is 0 Å². The minimum absolute atomic E-state index is 0.275. The van der Waals surface area contributed by atoms with E-state index in [0.717, 1.165) is 12.8 Å². The summed E-state index contributed by atoms with van der Waals surface area (Å²) in [5.74, 6) is -0.275. The third-order valence-corrected chi connectivity index (χ3v) is 2.39. The molecule has 0 aliphatic rings. The molecular weight excluding hydrogens is 272 g/mol. The summed E-state index contributed by atoms with van der Waals surface area (Å²) >= 11 is 0. The van der Waals surface area contributed by atoms with E-state index in [4.69, 9.17) is 9.47 Å². The van der Waals surface area contributed by atoms with Crippen molar-refractivity contribution in [1.29, 1.82) is 0 Å². The van der Waals surface area contributed by atoms with Crippen LogP contribution in [-0.4, -0.2) is 35.9 Å². The maximum Gasteiger partial charge on any atom is 0.407 e. The smallest absolute Gasteiger partial charge is 0.407 e. The van der Waals surface area contributed by atoms with Gasteiger partial charge in [-0.3, -0.25) is 0 Å². The normalized spacial score (nSPS) is 13.5. The quantitative estimate of drug-likeness (QED) is 0.576. The van der Waals surface area contributed by atoms with E-state index in [1.807, 2.05) is 41.5 Å². The van der Waals surface area contributed by atoms with E-state index in [9.17, 15) is 9.59 Å². The molecule has 1 amide bonds. The van der Waals surface area contributed by atoms with Crippen LogP contribution in [0.3, 0.4) is 0 Å². The molecule has 0 rings (SSSR count). The minimum Gasteiger partial charge on any atom is -0.456 e. The summed E-state index contributed by atoms with van der Waals surface area (Å²) in [7, 11) is 0. The van der Waals surface area contributed by atoms with Crippen molar-refractivity contribution in [2.24, 2.45) is 0 Å². The fraction of sp³-hybridized carbons (Fsp3) is 0.867. The van der Waals surface area contributed by atoms with Gasteiger partial charge in [-0.2, -0.15) is 0 Å². The lowest BCUT2D eigenvalue weighted by atomic mass is 10.1. The number of ether oxygens (including phenoxy) is 2. The standard InChI is InChI=1S/C15H30N2O4/c1-14(2,3)20-12(18)11(16)9-7-8-10-17-13(19)21-15(4,5)6/h11H,7-10,16H2,1-6H3,(H,17,19)/p+1/t11-/m0/s1. The summed E-state index contributed by atoms with van der Waals surface area (Å²) in [6.07, 6.45) is 1.79. The van der Waals surface area contributed by atoms with Gasteiger partial charge < -0.3 is 20.5 Å². The van der Waals surface area contributed by atoms with Crippen molar-refractivity contribution >= 4 is 12.1 Å². The molecular formula is C15H31N2O4+. The molecule has 6 nitrogen and oxygen atoms in total. The number of carbonyl (C=O) groups is 2. The molecule has 6 heteroatoms. The zero-order valence-corrected chi connectivity index (χ0v) is 14.2. The van der Waals surface area contributed by atoms with Crippen molar-refractivity contribution in [2.45, 2.75) is 78.0 Å². The molecule has 0 aromatic carbocycles. The molecule has 21 heavy (non-hydrogen) atoms. The van der Waals surface area contributed by atoms with Gasteiger partial charge in [0.25, 0.3) is 0 Å². The number of hydrogen-bond donors (Lipinski definition) is 2. The molecule has 0 aliphatic heterocycles. The van der Waals surface area contributed by atoms with Crippen LogP contribution in [0.15, 0.2) is 0 Å². The van der Waals surface area contributed by atoms with Crippen molar-refractivity contribution in [3.63, 3.8) is 0 Å². The van der Waals surface area contributed by atoms with Crippen LogP contribution < -0.4 is 11.1 Å². The molecule has 0 saturated carbocycles. The van der Waals surface area contributed by atoms with E-state index in [1.165, 1.54) is 0 Å². The highest BCUT2D eigenvalue weighted by molar-refractivity contribution is 5.74. The molecule has 0 unspecified atom stereocenters. The monoisotopic (exact) mass is 303 g/mol. The SMILES string of the molecule is CC(C)(C)OC(=O)NCCCC[C@H]([NH3+])C(=O)OC(C)(C)C. The summed E-state index contributed by atoms with van der Waals surface area (Å²) in [5, 5.41) is 2.68. The average molecular weight is 303 g/mol. The lowest BCUT2D eigenvalue weighted by Gasteiger charge is -2.21. The molecule has 0 aliphatic carbocycles. The van der Waals surface area contributed by atoms with Crippen LogP contribution >= 0.6 is 0 Å². The van der Waals surface area contributed by atoms with Crippen LogP contribution in [0.5, 0.6) is 0 Å². The molecule has 124 valence electrons. The van der Waals surface area contributed by atoms with Gasteiger partial charge in [0.05, 0.1) is 0 Å². The lowest BCUT2D eigenvalue weighted by Crippen LogP contribution is -2.65. The molecule has 0 aromatic heterocycles. The van der Waals surface area contributed by atoms with Gasteiger partial charge in [-0.1, -0.05) is 0 Å². The Bertz CT molecular complexity index is 343. The second-order valence-electron chi connectivity index (χ2n) is 7.15. The predicted molar refractivity (Wildman–Crippen MR) is 80.6 cm³/mol. The Hall–Kier alpha value is -1.30. The van der Waals surface area contributed by atoms with Crippen LogP contribution in [0.1, 0.15) is 60.8 Å². The lowest BCUT2D eigenvalue weighted by molar-refractivity contribution is -0.411. The molecule has 4 N–H and O–H groups in total. The first-order chi connectivity index (χ1) is 9.41. The highest BCUT2D eigenvalue weighted by atomic mass is 16.6. The van der Waals surface area contributed by atoms with Crippen LogP contribution in [0.4, 0.5) is 4.79 Å². The van der Waals surface area contributed by atoms with Gasteiger partial charge in [0.2, 0.25) is 0 Å². The number of unbranched alkanes of at least 4 members (excludes halogenated alkanes) is 1. The number of amides is 1. The molecule has 0 fully saturated rings. The first-order valence-corrected chi connectivity index (χ1v) is 7.43. The van der Waals surface area contributed by atoms with Crippen molar-refractivity contribution < 1.29 is 24.8 Å². The van der Waals surface area contributed by atoms with Crippen LogP contribution in [0, 0.1) is 0 Å². The fourth-order valence-electron chi connectivity index (χ4n) is 1.52. The summed E-state index contributed by atoms with van der Waals surface area (Å²) < 4.78 is 10.4. The number of alkyl carbamates (subject to hydrolysis) is 1. The third kappa shape index (κ3) is 12.2. The maximum atomic E-state index is 11.7. The van der Waals surface area contributed by atoms with E-state index >= 15 is 0 Å². The van der Waals surface area contributed by atoms with Gasteiger partial charge in [-0.25, -0.2) is 9.59 Å². The van der Waals surface area contributed by atoms with Crippen LogP contribution in [0.25, 0.3) is 0 Å². The second-order valence-corrected chi connectivity index (χ2v) is 7.15. The number of esters is 1. The molecule has 0 aromatic rings. The van der Waals surface area contributed by atoms with Crippen LogP contribution in [0.2, 0.25) is 0 Å².